The summed E-state index contributed by atoms with van der Waals surface area (Å²) in [5, 5.41) is 0. The van der Waals surface area contributed by atoms with Gasteiger partial charge in [-0.3, -0.25) is 0 Å². The van der Waals surface area contributed by atoms with E-state index in [0.29, 0.717) is 0 Å². The van der Waals surface area contributed by atoms with Gasteiger partial charge in [0.2, 0.25) is 0 Å². The van der Waals surface area contributed by atoms with E-state index < -0.39 is 0 Å². The van der Waals surface area contributed by atoms with E-state index in [-0.39, 0.29) is 17.4 Å². The van der Waals surface area contributed by atoms with Crippen LogP contribution < -0.4 is 0 Å². The molecule has 1 aliphatic carbocycles. The van der Waals surface area contributed by atoms with Crippen molar-refractivity contribution in [3.63, 3.8) is 0 Å². The van der Waals surface area contributed by atoms with Crippen LogP contribution in [-0.2, 0) is 17.4 Å². The maximum Gasteiger partial charge on any atom is 0 e. The summed E-state index contributed by atoms with van der Waals surface area (Å²) in [6.45, 7) is 3.68. The summed E-state index contributed by atoms with van der Waals surface area (Å²) in [7, 11) is 0. The van der Waals surface area contributed by atoms with Crippen LogP contribution in [0.2, 0.25) is 0 Å². The third-order valence-corrected chi connectivity index (χ3v) is 0.732. The summed E-state index contributed by atoms with van der Waals surface area (Å²) in [4.78, 5) is 0. The molecule has 0 aromatic carbocycles. The Hall–Kier alpha value is -0.248. The van der Waals surface area contributed by atoms with Gasteiger partial charge in [-0.2, -0.15) is 0 Å². The van der Waals surface area contributed by atoms with E-state index in [2.05, 4.69) is 6.58 Å². The SMILES string of the molecule is C=C1C=CC=C1.[Cr]. The first-order chi connectivity index (χ1) is 2.89. The Morgan fingerprint density at radius 3 is 1.71 bits per heavy atom. The van der Waals surface area contributed by atoms with Gasteiger partial charge in [-0.1, -0.05) is 30.9 Å². The fourth-order valence-corrected chi connectivity index (χ4v) is 0.414. The molecule has 0 aliphatic heterocycles. The predicted molar refractivity (Wildman–Crippen MR) is 27.4 cm³/mol. The van der Waals surface area contributed by atoms with E-state index in [4.69, 9.17) is 0 Å². The first-order valence-corrected chi connectivity index (χ1v) is 1.93. The topological polar surface area (TPSA) is 0 Å². The van der Waals surface area contributed by atoms with Crippen LogP contribution >= 0.6 is 0 Å². The van der Waals surface area contributed by atoms with Crippen molar-refractivity contribution in [2.24, 2.45) is 0 Å². The van der Waals surface area contributed by atoms with E-state index in [9.17, 15) is 0 Å². The molecule has 0 radical (unpaired) electrons. The van der Waals surface area contributed by atoms with Crippen molar-refractivity contribution < 1.29 is 17.4 Å². The summed E-state index contributed by atoms with van der Waals surface area (Å²) in [6, 6.07) is 0. The largest absolute Gasteiger partial charge is 0.0918 e. The Balaban J connectivity index is 0.000000360. The van der Waals surface area contributed by atoms with Crippen LogP contribution in [0.4, 0.5) is 0 Å². The molecule has 0 N–H and O–H groups in total. The Bertz CT molecular complexity index is 106. The quantitative estimate of drug-likeness (QED) is 0.468. The van der Waals surface area contributed by atoms with Gasteiger partial charge in [0, 0.05) is 17.4 Å². The minimum Gasteiger partial charge on any atom is -0.0918 e. The summed E-state index contributed by atoms with van der Waals surface area (Å²) in [5.74, 6) is 0. The standard InChI is InChI=1S/C6H6.Cr/c1-6-4-2-3-5-6;/h2-5H,1H2;. The normalized spacial score (nSPS) is 14.6. The number of allylic oxidation sites excluding steroid dienone is 5. The van der Waals surface area contributed by atoms with Gasteiger partial charge in [0.25, 0.3) is 0 Å². The molecular weight excluding hydrogens is 124 g/mol. The van der Waals surface area contributed by atoms with Crippen LogP contribution in [0.25, 0.3) is 0 Å². The third-order valence-electron chi connectivity index (χ3n) is 0.732. The molecule has 0 amide bonds. The van der Waals surface area contributed by atoms with Gasteiger partial charge in [0.05, 0.1) is 0 Å². The summed E-state index contributed by atoms with van der Waals surface area (Å²) in [5.41, 5.74) is 1.09. The van der Waals surface area contributed by atoms with Crippen LogP contribution in [0.1, 0.15) is 0 Å². The van der Waals surface area contributed by atoms with Gasteiger partial charge < -0.3 is 0 Å². The molecule has 0 spiro atoms. The third kappa shape index (κ3) is 1.78. The van der Waals surface area contributed by atoms with E-state index in [1.165, 1.54) is 0 Å². The van der Waals surface area contributed by atoms with Gasteiger partial charge >= 0.3 is 0 Å². The van der Waals surface area contributed by atoms with Crippen LogP contribution in [0, 0.1) is 0 Å². The summed E-state index contributed by atoms with van der Waals surface area (Å²) >= 11 is 0. The maximum atomic E-state index is 3.68. The molecule has 0 saturated heterocycles. The predicted octanol–water partition coefficient (Wildman–Crippen LogP) is 1.67. The van der Waals surface area contributed by atoms with Gasteiger partial charge in [-0.05, 0) is 5.57 Å². The summed E-state index contributed by atoms with van der Waals surface area (Å²) < 4.78 is 0. The minimum atomic E-state index is 0. The van der Waals surface area contributed by atoms with Crippen molar-refractivity contribution in [2.75, 3.05) is 0 Å². The second kappa shape index (κ2) is 2.85. The molecular formula is C6H6Cr. The number of hydrogen-bond donors (Lipinski definition) is 0. The second-order valence-corrected chi connectivity index (χ2v) is 1.29. The average molecular weight is 130 g/mol. The zero-order valence-corrected chi connectivity index (χ0v) is 5.20. The molecule has 0 heterocycles. The van der Waals surface area contributed by atoms with Gasteiger partial charge in [0.15, 0.2) is 0 Å². The van der Waals surface area contributed by atoms with Crippen molar-refractivity contribution in [2.45, 2.75) is 0 Å². The Morgan fingerprint density at radius 2 is 1.57 bits per heavy atom. The Kier molecular flexibility index (Phi) is 2.75. The van der Waals surface area contributed by atoms with Crippen LogP contribution in [-0.4, -0.2) is 0 Å². The Morgan fingerprint density at radius 1 is 1.14 bits per heavy atom. The average Bonchev–Trinajstić information content (AvgIpc) is 1.86. The number of rotatable bonds is 0. The molecule has 36 valence electrons. The Labute approximate surface area is 54.4 Å². The van der Waals surface area contributed by atoms with Crippen LogP contribution in [0.15, 0.2) is 36.5 Å². The van der Waals surface area contributed by atoms with E-state index in [0.717, 1.165) is 5.57 Å². The molecule has 0 aromatic rings. The van der Waals surface area contributed by atoms with Crippen molar-refractivity contribution in [3.8, 4) is 0 Å². The zero-order valence-electron chi connectivity index (χ0n) is 3.92. The monoisotopic (exact) mass is 130 g/mol. The second-order valence-electron chi connectivity index (χ2n) is 1.29. The molecule has 0 unspecified atom stereocenters. The van der Waals surface area contributed by atoms with Gasteiger partial charge in [-0.25, -0.2) is 0 Å². The minimum absolute atomic E-state index is 0. The molecule has 7 heavy (non-hydrogen) atoms. The molecule has 0 nitrogen and oxygen atoms in total. The molecule has 0 atom stereocenters. The molecule has 1 rings (SSSR count). The van der Waals surface area contributed by atoms with E-state index in [1.54, 1.807) is 0 Å². The van der Waals surface area contributed by atoms with Crippen molar-refractivity contribution in [3.05, 3.63) is 36.5 Å². The molecule has 1 aliphatic rings. The van der Waals surface area contributed by atoms with E-state index >= 15 is 0 Å². The number of hydrogen-bond acceptors (Lipinski definition) is 0. The molecule has 0 aromatic heterocycles. The van der Waals surface area contributed by atoms with Gasteiger partial charge in [-0.15, -0.1) is 0 Å². The molecule has 0 bridgehead atoms. The van der Waals surface area contributed by atoms with Gasteiger partial charge in [0.1, 0.15) is 0 Å². The first-order valence-electron chi connectivity index (χ1n) is 1.93. The van der Waals surface area contributed by atoms with Crippen molar-refractivity contribution in [1.29, 1.82) is 0 Å². The van der Waals surface area contributed by atoms with Crippen molar-refractivity contribution >= 4 is 0 Å². The fraction of sp³-hybridized carbons (Fsp3) is 0. The smallest absolute Gasteiger partial charge is 0 e. The molecule has 0 fully saturated rings. The summed E-state index contributed by atoms with van der Waals surface area (Å²) in [6.07, 6.45) is 7.89. The molecule has 0 saturated carbocycles. The first kappa shape index (κ1) is 6.75. The fourth-order valence-electron chi connectivity index (χ4n) is 0.414. The maximum absolute atomic E-state index is 3.68. The zero-order chi connectivity index (χ0) is 4.41. The molecule has 1 heteroatoms. The van der Waals surface area contributed by atoms with Crippen LogP contribution in [0.3, 0.4) is 0 Å². The van der Waals surface area contributed by atoms with E-state index in [1.807, 2.05) is 24.3 Å². The van der Waals surface area contributed by atoms with Crippen LogP contribution in [0.5, 0.6) is 0 Å². The van der Waals surface area contributed by atoms with Crippen molar-refractivity contribution in [1.82, 2.24) is 0 Å².